The Labute approximate surface area is 129 Å². The van der Waals surface area contributed by atoms with Crippen LogP contribution in [0.1, 0.15) is 50.4 Å². The highest BCUT2D eigenvalue weighted by atomic mass is 79.9. The lowest BCUT2D eigenvalue weighted by molar-refractivity contribution is -0.120. The number of hydrogen-bond donors (Lipinski definition) is 1. The van der Waals surface area contributed by atoms with Gasteiger partial charge in [-0.2, -0.15) is 0 Å². The van der Waals surface area contributed by atoms with Gasteiger partial charge >= 0.3 is 0 Å². The zero-order valence-corrected chi connectivity index (χ0v) is 13.9. The van der Waals surface area contributed by atoms with Crippen molar-refractivity contribution in [2.75, 3.05) is 5.32 Å². The number of Topliss-reactive ketones (excluding diaryl/α,β-unsaturated/α-hetero) is 1. The summed E-state index contributed by atoms with van der Waals surface area (Å²) < 4.78 is 0. The maximum atomic E-state index is 12.0. The van der Waals surface area contributed by atoms with Gasteiger partial charge in [-0.05, 0) is 43.5 Å². The Kier molecular flexibility index (Phi) is 6.93. The molecule has 1 unspecified atom stereocenters. The van der Waals surface area contributed by atoms with Crippen molar-refractivity contribution >= 4 is 33.3 Å². The van der Waals surface area contributed by atoms with E-state index in [1.165, 1.54) is 0 Å². The molecule has 0 aliphatic heterocycles. The van der Waals surface area contributed by atoms with E-state index in [0.717, 1.165) is 24.9 Å². The monoisotopic (exact) mass is 339 g/mol. The van der Waals surface area contributed by atoms with E-state index < -0.39 is 0 Å². The molecule has 4 heteroatoms. The van der Waals surface area contributed by atoms with Crippen LogP contribution in [0.4, 0.5) is 5.69 Å². The SMILES string of the molecule is CCC(Br)C(=O)c1ccc(NC(=O)C(CC)CC)cc1. The van der Waals surface area contributed by atoms with Gasteiger partial charge in [0, 0.05) is 17.2 Å². The second-order valence-corrected chi connectivity index (χ2v) is 5.93. The molecule has 0 fully saturated rings. The predicted octanol–water partition coefficient (Wildman–Crippen LogP) is 4.42. The van der Waals surface area contributed by atoms with Gasteiger partial charge in [0.2, 0.25) is 5.91 Å². The Balaban J connectivity index is 2.72. The number of nitrogens with one attached hydrogen (secondary N) is 1. The van der Waals surface area contributed by atoms with Gasteiger partial charge in [0.1, 0.15) is 0 Å². The Morgan fingerprint density at radius 3 is 2.05 bits per heavy atom. The van der Waals surface area contributed by atoms with Gasteiger partial charge < -0.3 is 5.32 Å². The van der Waals surface area contributed by atoms with E-state index in [0.29, 0.717) is 5.56 Å². The average molecular weight is 340 g/mol. The summed E-state index contributed by atoms with van der Waals surface area (Å²) in [7, 11) is 0. The summed E-state index contributed by atoms with van der Waals surface area (Å²) >= 11 is 3.36. The molecular formula is C16H22BrNO2. The Morgan fingerprint density at radius 2 is 1.60 bits per heavy atom. The molecule has 0 aromatic heterocycles. The predicted molar refractivity (Wildman–Crippen MR) is 86.5 cm³/mol. The third kappa shape index (κ3) is 4.44. The van der Waals surface area contributed by atoms with E-state index in [9.17, 15) is 9.59 Å². The first kappa shape index (κ1) is 16.9. The second kappa shape index (κ2) is 8.20. The molecular weight excluding hydrogens is 318 g/mol. The van der Waals surface area contributed by atoms with Crippen LogP contribution in [0, 0.1) is 5.92 Å². The number of benzene rings is 1. The highest BCUT2D eigenvalue weighted by Crippen LogP contribution is 2.17. The number of amides is 1. The van der Waals surface area contributed by atoms with Crippen LogP contribution in [-0.2, 0) is 4.79 Å². The first-order valence-electron chi connectivity index (χ1n) is 7.12. The molecule has 1 rings (SSSR count). The molecule has 0 bridgehead atoms. The largest absolute Gasteiger partial charge is 0.326 e. The molecule has 0 saturated carbocycles. The van der Waals surface area contributed by atoms with Crippen LogP contribution >= 0.6 is 15.9 Å². The highest BCUT2D eigenvalue weighted by Gasteiger charge is 2.16. The van der Waals surface area contributed by atoms with Gasteiger partial charge in [0.05, 0.1) is 4.83 Å². The number of alkyl halides is 1. The standard InChI is InChI=1S/C16H22BrNO2/c1-4-11(5-2)16(20)18-13-9-7-12(8-10-13)15(19)14(17)6-3/h7-11,14H,4-6H2,1-3H3,(H,18,20). The second-order valence-electron chi connectivity index (χ2n) is 4.82. The van der Waals surface area contributed by atoms with E-state index in [2.05, 4.69) is 21.2 Å². The zero-order chi connectivity index (χ0) is 15.1. The number of ketones is 1. The van der Waals surface area contributed by atoms with E-state index in [4.69, 9.17) is 0 Å². The topological polar surface area (TPSA) is 46.2 Å². The molecule has 0 spiro atoms. The minimum absolute atomic E-state index is 0.0426. The van der Waals surface area contributed by atoms with Gasteiger partial charge in [0.15, 0.2) is 5.78 Å². The van der Waals surface area contributed by atoms with Gasteiger partial charge in [-0.3, -0.25) is 9.59 Å². The molecule has 1 aromatic carbocycles. The minimum atomic E-state index is -0.146. The number of carbonyl (C=O) groups excluding carboxylic acids is 2. The van der Waals surface area contributed by atoms with Crippen molar-refractivity contribution in [3.8, 4) is 0 Å². The lowest BCUT2D eigenvalue weighted by Crippen LogP contribution is -2.21. The number of carbonyl (C=O) groups is 2. The molecule has 0 saturated heterocycles. The molecule has 0 aliphatic rings. The molecule has 0 heterocycles. The Bertz CT molecular complexity index is 452. The highest BCUT2D eigenvalue weighted by molar-refractivity contribution is 9.10. The van der Waals surface area contributed by atoms with Crippen molar-refractivity contribution in [2.45, 2.75) is 44.9 Å². The van der Waals surface area contributed by atoms with Crippen molar-refractivity contribution in [1.82, 2.24) is 0 Å². The summed E-state index contributed by atoms with van der Waals surface area (Å²) in [4.78, 5) is 23.8. The van der Waals surface area contributed by atoms with Gasteiger partial charge in [-0.25, -0.2) is 0 Å². The summed E-state index contributed by atoms with van der Waals surface area (Å²) in [5, 5.41) is 2.89. The Morgan fingerprint density at radius 1 is 1.05 bits per heavy atom. The molecule has 1 atom stereocenters. The molecule has 110 valence electrons. The van der Waals surface area contributed by atoms with Crippen LogP contribution in [0.25, 0.3) is 0 Å². The van der Waals surface area contributed by atoms with Crippen molar-refractivity contribution < 1.29 is 9.59 Å². The van der Waals surface area contributed by atoms with Crippen molar-refractivity contribution in [2.24, 2.45) is 5.92 Å². The summed E-state index contributed by atoms with van der Waals surface area (Å²) in [6, 6.07) is 7.08. The number of halogens is 1. The molecule has 20 heavy (non-hydrogen) atoms. The number of hydrogen-bond acceptors (Lipinski definition) is 2. The molecule has 0 aliphatic carbocycles. The van der Waals surface area contributed by atoms with E-state index >= 15 is 0 Å². The lowest BCUT2D eigenvalue weighted by atomic mass is 10.0. The van der Waals surface area contributed by atoms with Gasteiger partial charge in [0.25, 0.3) is 0 Å². The van der Waals surface area contributed by atoms with Crippen molar-refractivity contribution in [3.05, 3.63) is 29.8 Å². The number of anilines is 1. The summed E-state index contributed by atoms with van der Waals surface area (Å²) in [5.41, 5.74) is 1.40. The van der Waals surface area contributed by atoms with E-state index in [1.54, 1.807) is 24.3 Å². The molecule has 0 radical (unpaired) electrons. The van der Waals surface area contributed by atoms with Crippen LogP contribution in [0.3, 0.4) is 0 Å². The minimum Gasteiger partial charge on any atom is -0.326 e. The third-order valence-corrected chi connectivity index (χ3v) is 4.50. The van der Waals surface area contributed by atoms with Crippen molar-refractivity contribution in [3.63, 3.8) is 0 Å². The molecule has 1 aromatic rings. The zero-order valence-electron chi connectivity index (χ0n) is 12.3. The molecule has 1 N–H and O–H groups in total. The normalized spacial score (nSPS) is 12.2. The van der Waals surface area contributed by atoms with Crippen LogP contribution < -0.4 is 5.32 Å². The smallest absolute Gasteiger partial charge is 0.227 e. The molecule has 1 amide bonds. The van der Waals surface area contributed by atoms with Crippen LogP contribution in [-0.4, -0.2) is 16.5 Å². The Hall–Kier alpha value is -1.16. The quantitative estimate of drug-likeness (QED) is 0.590. The van der Waals surface area contributed by atoms with Crippen LogP contribution in [0.5, 0.6) is 0 Å². The third-order valence-electron chi connectivity index (χ3n) is 3.44. The maximum absolute atomic E-state index is 12.0. The fourth-order valence-electron chi connectivity index (χ4n) is 1.99. The van der Waals surface area contributed by atoms with Gasteiger partial charge in [-0.15, -0.1) is 0 Å². The lowest BCUT2D eigenvalue weighted by Gasteiger charge is -2.13. The summed E-state index contributed by atoms with van der Waals surface area (Å²) in [5.74, 6) is 0.162. The average Bonchev–Trinajstić information content (AvgIpc) is 2.47. The fraction of sp³-hybridized carbons (Fsp3) is 0.500. The fourth-order valence-corrected chi connectivity index (χ4v) is 2.25. The van der Waals surface area contributed by atoms with Crippen molar-refractivity contribution in [1.29, 1.82) is 0 Å². The molecule has 3 nitrogen and oxygen atoms in total. The summed E-state index contributed by atoms with van der Waals surface area (Å²) in [6.45, 7) is 5.98. The van der Waals surface area contributed by atoms with Gasteiger partial charge in [-0.1, -0.05) is 36.7 Å². The van der Waals surface area contributed by atoms with Crippen LogP contribution in [0.2, 0.25) is 0 Å². The van der Waals surface area contributed by atoms with E-state index in [-0.39, 0.29) is 22.4 Å². The summed E-state index contributed by atoms with van der Waals surface area (Å²) in [6.07, 6.45) is 2.42. The van der Waals surface area contributed by atoms with Crippen LogP contribution in [0.15, 0.2) is 24.3 Å². The first-order chi connectivity index (χ1) is 9.53. The first-order valence-corrected chi connectivity index (χ1v) is 8.04. The number of rotatable bonds is 7. The van der Waals surface area contributed by atoms with E-state index in [1.807, 2.05) is 20.8 Å². The maximum Gasteiger partial charge on any atom is 0.227 e.